The van der Waals surface area contributed by atoms with Crippen LogP contribution in [0, 0.1) is 0 Å². The van der Waals surface area contributed by atoms with Crippen molar-refractivity contribution in [1.82, 2.24) is 4.90 Å². The molecule has 5 heteroatoms. The number of amides is 1. The van der Waals surface area contributed by atoms with Gasteiger partial charge in [-0.15, -0.1) is 0 Å². The van der Waals surface area contributed by atoms with E-state index in [4.69, 9.17) is 9.47 Å². The van der Waals surface area contributed by atoms with E-state index in [0.29, 0.717) is 0 Å². The Balaban J connectivity index is 2.25. The fourth-order valence-corrected chi connectivity index (χ4v) is 2.29. The molecule has 0 saturated heterocycles. The summed E-state index contributed by atoms with van der Waals surface area (Å²) in [6, 6.07) is 7.02. The smallest absolute Gasteiger partial charge is 0.411 e. The summed E-state index contributed by atoms with van der Waals surface area (Å²) >= 11 is 0. The number of carbonyl (C=O) groups is 1. The standard InChI is InChI=1S/C17H22FNO3/c1-17(2,3)22-16(20)19-11-13(18)7-10-15(19)12-5-8-14(21-4)9-6-12/h5-10,13,15H,11H2,1-4H3/t13-,15+/m1/s1. The number of methoxy groups -OCH3 is 1. The van der Waals surface area contributed by atoms with Gasteiger partial charge in [-0.05, 0) is 38.5 Å². The number of ether oxygens (including phenoxy) is 2. The Bertz CT molecular complexity index is 548. The second-order valence-electron chi connectivity index (χ2n) is 6.25. The van der Waals surface area contributed by atoms with Crippen molar-refractivity contribution in [3.8, 4) is 5.75 Å². The summed E-state index contributed by atoms with van der Waals surface area (Å²) < 4.78 is 24.2. The normalized spacial score (nSPS) is 21.6. The number of benzene rings is 1. The first kappa shape index (κ1) is 16.3. The van der Waals surface area contributed by atoms with Gasteiger partial charge in [0.1, 0.15) is 17.5 Å². The van der Waals surface area contributed by atoms with Crippen LogP contribution in [-0.2, 0) is 4.74 Å². The van der Waals surface area contributed by atoms with Gasteiger partial charge in [-0.25, -0.2) is 9.18 Å². The first-order valence-corrected chi connectivity index (χ1v) is 7.26. The molecule has 1 heterocycles. The fraction of sp³-hybridized carbons (Fsp3) is 0.471. The second-order valence-corrected chi connectivity index (χ2v) is 6.25. The molecule has 1 aromatic carbocycles. The van der Waals surface area contributed by atoms with Crippen molar-refractivity contribution in [1.29, 1.82) is 0 Å². The fourth-order valence-electron chi connectivity index (χ4n) is 2.29. The molecular weight excluding hydrogens is 285 g/mol. The molecule has 0 spiro atoms. The average molecular weight is 307 g/mol. The van der Waals surface area contributed by atoms with Gasteiger partial charge in [0.25, 0.3) is 0 Å². The van der Waals surface area contributed by atoms with Crippen LogP contribution in [0.4, 0.5) is 9.18 Å². The largest absolute Gasteiger partial charge is 0.497 e. The summed E-state index contributed by atoms with van der Waals surface area (Å²) in [5, 5.41) is 0. The lowest BCUT2D eigenvalue weighted by molar-refractivity contribution is 0.0144. The minimum absolute atomic E-state index is 0.0118. The van der Waals surface area contributed by atoms with Crippen molar-refractivity contribution in [3.63, 3.8) is 0 Å². The molecule has 120 valence electrons. The lowest BCUT2D eigenvalue weighted by Crippen LogP contribution is -2.43. The van der Waals surface area contributed by atoms with E-state index < -0.39 is 17.9 Å². The summed E-state index contributed by atoms with van der Waals surface area (Å²) in [5.74, 6) is 0.732. The number of hydrogen-bond acceptors (Lipinski definition) is 3. The molecule has 0 saturated carbocycles. The second kappa shape index (κ2) is 6.38. The predicted octanol–water partition coefficient (Wildman–Crippen LogP) is 3.88. The molecule has 1 aromatic rings. The highest BCUT2D eigenvalue weighted by molar-refractivity contribution is 5.69. The van der Waals surface area contributed by atoms with Gasteiger partial charge >= 0.3 is 6.09 Å². The Labute approximate surface area is 130 Å². The lowest BCUT2D eigenvalue weighted by atomic mass is 10.0. The topological polar surface area (TPSA) is 38.8 Å². The van der Waals surface area contributed by atoms with Crippen LogP contribution in [0.2, 0.25) is 0 Å². The summed E-state index contributed by atoms with van der Waals surface area (Å²) in [6.45, 7) is 5.36. The first-order chi connectivity index (χ1) is 10.3. The number of halogens is 1. The Morgan fingerprint density at radius 2 is 1.86 bits per heavy atom. The maximum atomic E-state index is 13.7. The van der Waals surface area contributed by atoms with Crippen LogP contribution in [0.5, 0.6) is 5.75 Å². The molecule has 0 unspecified atom stereocenters. The highest BCUT2D eigenvalue weighted by Gasteiger charge is 2.32. The van der Waals surface area contributed by atoms with Gasteiger partial charge in [-0.2, -0.15) is 0 Å². The Kier molecular flexibility index (Phi) is 4.74. The van der Waals surface area contributed by atoms with Crippen LogP contribution >= 0.6 is 0 Å². The third-order valence-corrected chi connectivity index (χ3v) is 3.29. The van der Waals surface area contributed by atoms with Gasteiger partial charge < -0.3 is 9.47 Å². The number of nitrogens with zero attached hydrogens (tertiary/aromatic N) is 1. The Morgan fingerprint density at radius 3 is 2.41 bits per heavy atom. The van der Waals surface area contributed by atoms with Gasteiger partial charge in [0.05, 0.1) is 19.7 Å². The van der Waals surface area contributed by atoms with E-state index in [1.807, 2.05) is 24.3 Å². The number of carbonyl (C=O) groups excluding carboxylic acids is 1. The molecule has 0 aliphatic carbocycles. The van der Waals surface area contributed by atoms with Gasteiger partial charge in [0.15, 0.2) is 0 Å². The highest BCUT2D eigenvalue weighted by atomic mass is 19.1. The molecule has 1 amide bonds. The van der Waals surface area contributed by atoms with E-state index in [9.17, 15) is 9.18 Å². The molecule has 0 radical (unpaired) electrons. The summed E-state index contributed by atoms with van der Waals surface area (Å²) in [4.78, 5) is 13.8. The summed E-state index contributed by atoms with van der Waals surface area (Å²) in [5.41, 5.74) is 0.268. The van der Waals surface area contributed by atoms with Crippen LogP contribution in [0.15, 0.2) is 36.4 Å². The Hall–Kier alpha value is -2.04. The highest BCUT2D eigenvalue weighted by Crippen LogP contribution is 2.29. The van der Waals surface area contributed by atoms with E-state index in [1.165, 1.54) is 11.0 Å². The zero-order valence-electron chi connectivity index (χ0n) is 13.4. The maximum absolute atomic E-state index is 13.7. The summed E-state index contributed by atoms with van der Waals surface area (Å²) in [6.07, 6.45) is 1.48. The molecule has 2 atom stereocenters. The molecule has 1 aliphatic heterocycles. The van der Waals surface area contributed by atoms with Crippen molar-refractivity contribution < 1.29 is 18.7 Å². The van der Waals surface area contributed by atoms with E-state index in [2.05, 4.69) is 0 Å². The van der Waals surface area contributed by atoms with Gasteiger partial charge in [-0.3, -0.25) is 4.90 Å². The van der Waals surface area contributed by atoms with Crippen molar-refractivity contribution in [2.45, 2.75) is 38.6 Å². The Morgan fingerprint density at radius 1 is 1.23 bits per heavy atom. The molecule has 0 fully saturated rings. The number of rotatable bonds is 2. The van der Waals surface area contributed by atoms with Gasteiger partial charge in [0, 0.05) is 0 Å². The van der Waals surface area contributed by atoms with Crippen molar-refractivity contribution in [2.75, 3.05) is 13.7 Å². The molecule has 2 rings (SSSR count). The molecule has 0 bridgehead atoms. The summed E-state index contributed by atoms with van der Waals surface area (Å²) in [7, 11) is 1.59. The molecule has 1 aliphatic rings. The number of alkyl halides is 1. The van der Waals surface area contributed by atoms with E-state index >= 15 is 0 Å². The third kappa shape index (κ3) is 4.00. The quantitative estimate of drug-likeness (QED) is 0.778. The van der Waals surface area contributed by atoms with Crippen molar-refractivity contribution in [3.05, 3.63) is 42.0 Å². The zero-order valence-corrected chi connectivity index (χ0v) is 13.4. The van der Waals surface area contributed by atoms with Crippen molar-refractivity contribution in [2.24, 2.45) is 0 Å². The monoisotopic (exact) mass is 307 g/mol. The van der Waals surface area contributed by atoms with E-state index in [1.54, 1.807) is 34.0 Å². The maximum Gasteiger partial charge on any atom is 0.411 e. The molecular formula is C17H22FNO3. The van der Waals surface area contributed by atoms with Crippen LogP contribution < -0.4 is 4.74 Å². The minimum atomic E-state index is -1.18. The van der Waals surface area contributed by atoms with Crippen LogP contribution in [-0.4, -0.2) is 36.4 Å². The predicted molar refractivity (Wildman–Crippen MR) is 82.7 cm³/mol. The SMILES string of the molecule is COc1ccc([C@@H]2C=C[C@@H](F)CN2C(=O)OC(C)(C)C)cc1. The van der Waals surface area contributed by atoms with Crippen LogP contribution in [0.1, 0.15) is 32.4 Å². The molecule has 0 aromatic heterocycles. The molecule has 4 nitrogen and oxygen atoms in total. The third-order valence-electron chi connectivity index (χ3n) is 3.29. The number of hydrogen-bond donors (Lipinski definition) is 0. The first-order valence-electron chi connectivity index (χ1n) is 7.26. The molecule has 22 heavy (non-hydrogen) atoms. The van der Waals surface area contributed by atoms with Gasteiger partial charge in [-0.1, -0.05) is 24.3 Å². The van der Waals surface area contributed by atoms with Crippen molar-refractivity contribution >= 4 is 6.09 Å². The molecule has 0 N–H and O–H groups in total. The zero-order chi connectivity index (χ0) is 16.3. The average Bonchev–Trinajstić information content (AvgIpc) is 2.45. The van der Waals surface area contributed by atoms with Gasteiger partial charge in [0.2, 0.25) is 0 Å². The van der Waals surface area contributed by atoms with E-state index in [0.717, 1.165) is 11.3 Å². The lowest BCUT2D eigenvalue weighted by Gasteiger charge is -2.35. The van der Waals surface area contributed by atoms with E-state index in [-0.39, 0.29) is 12.6 Å². The minimum Gasteiger partial charge on any atom is -0.497 e. The van der Waals surface area contributed by atoms with Crippen LogP contribution in [0.3, 0.4) is 0 Å². The van der Waals surface area contributed by atoms with Crippen LogP contribution in [0.25, 0.3) is 0 Å².